The van der Waals surface area contributed by atoms with E-state index >= 15 is 0 Å². The third kappa shape index (κ3) is 2.01. The predicted octanol–water partition coefficient (Wildman–Crippen LogP) is 3.50. The van der Waals surface area contributed by atoms with Crippen LogP contribution < -0.4 is 10.5 Å². The second kappa shape index (κ2) is 4.55. The quantitative estimate of drug-likeness (QED) is 0.909. The van der Waals surface area contributed by atoms with Crippen molar-refractivity contribution in [2.24, 2.45) is 5.73 Å². The molecule has 19 heavy (non-hydrogen) atoms. The van der Waals surface area contributed by atoms with Crippen molar-refractivity contribution < 1.29 is 4.74 Å². The number of hydrogen-bond donors (Lipinski definition) is 1. The minimum absolute atomic E-state index is 0.436. The van der Waals surface area contributed by atoms with Gasteiger partial charge in [-0.3, -0.25) is 0 Å². The molecule has 3 heteroatoms. The first-order valence-electron chi connectivity index (χ1n) is 6.36. The molecule has 0 saturated carbocycles. The van der Waals surface area contributed by atoms with Crippen molar-refractivity contribution in [2.75, 3.05) is 7.11 Å². The number of rotatable bonds is 2. The summed E-state index contributed by atoms with van der Waals surface area (Å²) in [5, 5.41) is 0.733. The van der Waals surface area contributed by atoms with E-state index in [1.165, 1.54) is 5.56 Å². The Morgan fingerprint density at radius 3 is 2.58 bits per heavy atom. The van der Waals surface area contributed by atoms with Crippen LogP contribution >= 0.6 is 11.6 Å². The molecule has 2 aromatic carbocycles. The van der Waals surface area contributed by atoms with Crippen molar-refractivity contribution in [1.82, 2.24) is 0 Å². The summed E-state index contributed by atoms with van der Waals surface area (Å²) in [5.41, 5.74) is 9.80. The molecule has 2 aromatic rings. The van der Waals surface area contributed by atoms with E-state index in [9.17, 15) is 0 Å². The van der Waals surface area contributed by atoms with Gasteiger partial charge in [0, 0.05) is 5.02 Å². The SMILES string of the molecule is COc1ccc2c(c1)C(N)(c1ccc(Cl)cc1)CC2. The molecule has 98 valence electrons. The molecule has 0 spiro atoms. The predicted molar refractivity (Wildman–Crippen MR) is 77.7 cm³/mol. The summed E-state index contributed by atoms with van der Waals surface area (Å²) in [5.74, 6) is 0.851. The van der Waals surface area contributed by atoms with Crippen molar-refractivity contribution >= 4 is 11.6 Å². The van der Waals surface area contributed by atoms with E-state index in [0.717, 1.165) is 34.7 Å². The van der Waals surface area contributed by atoms with Crippen LogP contribution in [0.5, 0.6) is 5.75 Å². The Morgan fingerprint density at radius 1 is 1.16 bits per heavy atom. The van der Waals surface area contributed by atoms with E-state index in [-0.39, 0.29) is 0 Å². The molecule has 2 nitrogen and oxygen atoms in total. The van der Waals surface area contributed by atoms with Crippen LogP contribution in [0.2, 0.25) is 5.02 Å². The van der Waals surface area contributed by atoms with Crippen molar-refractivity contribution in [3.8, 4) is 5.75 Å². The Morgan fingerprint density at radius 2 is 1.89 bits per heavy atom. The van der Waals surface area contributed by atoms with Gasteiger partial charge in [0.15, 0.2) is 0 Å². The summed E-state index contributed by atoms with van der Waals surface area (Å²) in [6.07, 6.45) is 1.91. The van der Waals surface area contributed by atoms with E-state index < -0.39 is 5.54 Å². The maximum absolute atomic E-state index is 6.67. The number of halogens is 1. The number of ether oxygens (including phenoxy) is 1. The fourth-order valence-corrected chi connectivity index (χ4v) is 2.96. The Bertz CT molecular complexity index is 609. The van der Waals surface area contributed by atoms with Crippen LogP contribution in [-0.4, -0.2) is 7.11 Å². The highest BCUT2D eigenvalue weighted by Crippen LogP contribution is 2.41. The van der Waals surface area contributed by atoms with Gasteiger partial charge in [-0.25, -0.2) is 0 Å². The molecule has 0 heterocycles. The van der Waals surface area contributed by atoms with E-state index in [2.05, 4.69) is 12.1 Å². The summed E-state index contributed by atoms with van der Waals surface area (Å²) in [6, 6.07) is 14.0. The number of nitrogens with two attached hydrogens (primary N) is 1. The third-order valence-corrected chi connectivity index (χ3v) is 4.20. The second-order valence-electron chi connectivity index (χ2n) is 5.00. The van der Waals surface area contributed by atoms with Crippen molar-refractivity contribution in [2.45, 2.75) is 18.4 Å². The van der Waals surface area contributed by atoms with Gasteiger partial charge in [0.05, 0.1) is 12.6 Å². The fraction of sp³-hybridized carbons (Fsp3) is 0.250. The number of methoxy groups -OCH3 is 1. The first kappa shape index (κ1) is 12.5. The van der Waals surface area contributed by atoms with Gasteiger partial charge in [0.2, 0.25) is 0 Å². The lowest BCUT2D eigenvalue weighted by Gasteiger charge is -2.26. The summed E-state index contributed by atoms with van der Waals surface area (Å²) in [6.45, 7) is 0. The van der Waals surface area contributed by atoms with Crippen LogP contribution in [0.25, 0.3) is 0 Å². The van der Waals surface area contributed by atoms with E-state index in [0.29, 0.717) is 0 Å². The van der Waals surface area contributed by atoms with Crippen LogP contribution in [0.4, 0.5) is 0 Å². The van der Waals surface area contributed by atoms with Gasteiger partial charge >= 0.3 is 0 Å². The van der Waals surface area contributed by atoms with E-state index in [1.807, 2.05) is 30.3 Å². The molecule has 1 aliphatic carbocycles. The number of aryl methyl sites for hydroxylation is 1. The van der Waals surface area contributed by atoms with Crippen LogP contribution in [0.1, 0.15) is 23.1 Å². The molecule has 3 rings (SSSR count). The molecule has 2 N–H and O–H groups in total. The molecule has 0 amide bonds. The minimum atomic E-state index is -0.436. The van der Waals surface area contributed by atoms with Gasteiger partial charge in [-0.15, -0.1) is 0 Å². The number of fused-ring (bicyclic) bond motifs is 1. The van der Waals surface area contributed by atoms with Crippen LogP contribution in [0.15, 0.2) is 42.5 Å². The van der Waals surface area contributed by atoms with Crippen molar-refractivity contribution in [3.05, 3.63) is 64.2 Å². The Balaban J connectivity index is 2.11. The summed E-state index contributed by atoms with van der Waals surface area (Å²) >= 11 is 5.95. The van der Waals surface area contributed by atoms with Gasteiger partial charge in [-0.2, -0.15) is 0 Å². The molecular formula is C16H16ClNO. The van der Waals surface area contributed by atoms with Crippen molar-refractivity contribution in [3.63, 3.8) is 0 Å². The summed E-state index contributed by atoms with van der Waals surface area (Å²) in [4.78, 5) is 0. The highest BCUT2D eigenvalue weighted by Gasteiger charge is 2.36. The van der Waals surface area contributed by atoms with E-state index in [1.54, 1.807) is 7.11 Å². The highest BCUT2D eigenvalue weighted by atomic mass is 35.5. The molecule has 1 unspecified atom stereocenters. The Labute approximate surface area is 118 Å². The smallest absolute Gasteiger partial charge is 0.119 e. The largest absolute Gasteiger partial charge is 0.497 e. The molecule has 0 bridgehead atoms. The lowest BCUT2D eigenvalue weighted by molar-refractivity contribution is 0.413. The average Bonchev–Trinajstić information content (AvgIpc) is 2.78. The fourth-order valence-electron chi connectivity index (χ4n) is 2.83. The molecule has 0 saturated heterocycles. The minimum Gasteiger partial charge on any atom is -0.497 e. The first-order valence-corrected chi connectivity index (χ1v) is 6.73. The number of hydrogen-bond acceptors (Lipinski definition) is 2. The molecule has 1 atom stereocenters. The molecule has 0 aliphatic heterocycles. The third-order valence-electron chi connectivity index (χ3n) is 3.95. The van der Waals surface area contributed by atoms with Gasteiger partial charge in [-0.05, 0) is 53.8 Å². The van der Waals surface area contributed by atoms with Crippen LogP contribution in [0, 0.1) is 0 Å². The zero-order valence-electron chi connectivity index (χ0n) is 10.8. The zero-order valence-corrected chi connectivity index (χ0v) is 11.6. The highest BCUT2D eigenvalue weighted by molar-refractivity contribution is 6.30. The van der Waals surface area contributed by atoms with Crippen LogP contribution in [0.3, 0.4) is 0 Å². The topological polar surface area (TPSA) is 35.2 Å². The van der Waals surface area contributed by atoms with Gasteiger partial charge < -0.3 is 10.5 Å². The zero-order chi connectivity index (χ0) is 13.5. The van der Waals surface area contributed by atoms with Crippen molar-refractivity contribution in [1.29, 1.82) is 0 Å². The summed E-state index contributed by atoms with van der Waals surface area (Å²) in [7, 11) is 1.68. The lowest BCUT2D eigenvalue weighted by Crippen LogP contribution is -2.35. The second-order valence-corrected chi connectivity index (χ2v) is 5.44. The van der Waals surface area contributed by atoms with E-state index in [4.69, 9.17) is 22.1 Å². The van der Waals surface area contributed by atoms with Gasteiger partial charge in [0.1, 0.15) is 5.75 Å². The first-order chi connectivity index (χ1) is 9.13. The Hall–Kier alpha value is -1.51. The summed E-state index contributed by atoms with van der Waals surface area (Å²) < 4.78 is 5.31. The molecular weight excluding hydrogens is 258 g/mol. The average molecular weight is 274 g/mol. The maximum atomic E-state index is 6.67. The molecule has 0 radical (unpaired) electrons. The number of benzene rings is 2. The molecule has 1 aliphatic rings. The standard InChI is InChI=1S/C16H16ClNO/c1-19-14-7-2-11-8-9-16(18,15(11)10-14)12-3-5-13(17)6-4-12/h2-7,10H,8-9,18H2,1H3. The molecule has 0 aromatic heterocycles. The van der Waals surface area contributed by atoms with Gasteiger partial charge in [-0.1, -0.05) is 29.8 Å². The molecule has 0 fully saturated rings. The normalized spacial score (nSPS) is 21.2. The van der Waals surface area contributed by atoms with Crippen LogP contribution in [-0.2, 0) is 12.0 Å². The lowest BCUT2D eigenvalue weighted by atomic mass is 9.85. The Kier molecular flexibility index (Phi) is 3.00. The van der Waals surface area contributed by atoms with Gasteiger partial charge in [0.25, 0.3) is 0 Å². The maximum Gasteiger partial charge on any atom is 0.119 e. The monoisotopic (exact) mass is 273 g/mol.